The molecule has 2 N–H and O–H groups in total. The molecule has 1 aliphatic carbocycles. The Morgan fingerprint density at radius 1 is 0.833 bits per heavy atom. The molecule has 4 aromatic rings. The van der Waals surface area contributed by atoms with E-state index >= 15 is 0 Å². The minimum Gasteiger partial charge on any atom is -0.457 e. The summed E-state index contributed by atoms with van der Waals surface area (Å²) >= 11 is 0. The number of carbonyl (C=O) groups excluding carboxylic acids is 1. The number of ether oxygens (including phenoxy) is 1. The fourth-order valence-corrected chi connectivity index (χ4v) is 4.65. The third kappa shape index (κ3) is 5.40. The Morgan fingerprint density at radius 2 is 1.50 bits per heavy atom. The van der Waals surface area contributed by atoms with Gasteiger partial charge in [-0.2, -0.15) is 4.98 Å². The third-order valence-corrected chi connectivity index (χ3v) is 6.51. The van der Waals surface area contributed by atoms with E-state index in [0.29, 0.717) is 23.0 Å². The molecule has 3 aromatic carbocycles. The molecule has 0 radical (unpaired) electrons. The van der Waals surface area contributed by atoms with Gasteiger partial charge < -0.3 is 20.3 Å². The van der Waals surface area contributed by atoms with Crippen LogP contribution in [-0.2, 0) is 0 Å². The van der Waals surface area contributed by atoms with Crippen LogP contribution in [0, 0.1) is 0 Å². The maximum Gasteiger partial charge on any atom is 0.255 e. The number of benzene rings is 3. The average Bonchev–Trinajstić information content (AvgIpc) is 2.90. The number of rotatable bonds is 7. The van der Waals surface area contributed by atoms with Crippen LogP contribution in [0.25, 0.3) is 10.9 Å². The molecule has 0 aliphatic heterocycles. The third-order valence-electron chi connectivity index (χ3n) is 6.51. The van der Waals surface area contributed by atoms with E-state index in [1.807, 2.05) is 91.8 Å². The van der Waals surface area contributed by atoms with Gasteiger partial charge in [-0.15, -0.1) is 0 Å². The molecule has 1 saturated carbocycles. The summed E-state index contributed by atoms with van der Waals surface area (Å²) in [5.41, 5.74) is 1.47. The number of carbonyl (C=O) groups is 1. The molecule has 0 saturated heterocycles. The van der Waals surface area contributed by atoms with Crippen LogP contribution in [0.3, 0.4) is 0 Å². The van der Waals surface area contributed by atoms with Crippen molar-refractivity contribution in [3.8, 4) is 11.5 Å². The number of hydrogen-bond acceptors (Lipinski definition) is 6. The van der Waals surface area contributed by atoms with Crippen LogP contribution in [0.5, 0.6) is 11.5 Å². The minimum absolute atomic E-state index is 0.105. The predicted octanol–water partition coefficient (Wildman–Crippen LogP) is 5.64. The summed E-state index contributed by atoms with van der Waals surface area (Å²) < 4.78 is 5.97. The van der Waals surface area contributed by atoms with Crippen molar-refractivity contribution in [3.63, 3.8) is 0 Å². The summed E-state index contributed by atoms with van der Waals surface area (Å²) in [4.78, 5) is 24.6. The maximum atomic E-state index is 13.1. The van der Waals surface area contributed by atoms with Gasteiger partial charge in [0.2, 0.25) is 5.95 Å². The predicted molar refractivity (Wildman–Crippen MR) is 144 cm³/mol. The lowest BCUT2D eigenvalue weighted by atomic mass is 9.91. The summed E-state index contributed by atoms with van der Waals surface area (Å²) in [5.74, 6) is 2.71. The van der Waals surface area contributed by atoms with Crippen molar-refractivity contribution in [1.29, 1.82) is 0 Å². The van der Waals surface area contributed by atoms with Crippen molar-refractivity contribution in [2.24, 2.45) is 0 Å². The molecule has 184 valence electrons. The number of anilines is 2. The first-order valence-corrected chi connectivity index (χ1v) is 12.4. The van der Waals surface area contributed by atoms with Gasteiger partial charge in [0.05, 0.1) is 11.1 Å². The molecule has 1 amide bonds. The second-order valence-corrected chi connectivity index (χ2v) is 9.36. The van der Waals surface area contributed by atoms with Crippen LogP contribution in [0.1, 0.15) is 36.0 Å². The molecular weight excluding hydrogens is 450 g/mol. The van der Waals surface area contributed by atoms with Gasteiger partial charge in [0.25, 0.3) is 5.91 Å². The van der Waals surface area contributed by atoms with Crippen molar-refractivity contribution in [2.45, 2.75) is 37.8 Å². The lowest BCUT2D eigenvalue weighted by molar-refractivity contribution is 0.0924. The van der Waals surface area contributed by atoms with Gasteiger partial charge in [-0.1, -0.05) is 42.5 Å². The molecule has 1 aliphatic rings. The van der Waals surface area contributed by atoms with Crippen molar-refractivity contribution in [3.05, 3.63) is 84.4 Å². The molecule has 7 nitrogen and oxygen atoms in total. The monoisotopic (exact) mass is 481 g/mol. The average molecular weight is 482 g/mol. The van der Waals surface area contributed by atoms with E-state index in [4.69, 9.17) is 14.7 Å². The Hall–Kier alpha value is -4.13. The van der Waals surface area contributed by atoms with Crippen LogP contribution in [0.2, 0.25) is 0 Å². The van der Waals surface area contributed by atoms with Crippen molar-refractivity contribution < 1.29 is 9.53 Å². The molecule has 1 aromatic heterocycles. The van der Waals surface area contributed by atoms with E-state index in [-0.39, 0.29) is 18.0 Å². The fraction of sp³-hybridized carbons (Fsp3) is 0.276. The Morgan fingerprint density at radius 3 is 2.28 bits per heavy atom. The lowest BCUT2D eigenvalue weighted by Crippen LogP contribution is -2.40. The highest BCUT2D eigenvalue weighted by Gasteiger charge is 2.25. The molecule has 1 heterocycles. The van der Waals surface area contributed by atoms with Crippen molar-refractivity contribution in [1.82, 2.24) is 15.3 Å². The van der Waals surface area contributed by atoms with Gasteiger partial charge >= 0.3 is 0 Å². The van der Waals surface area contributed by atoms with Crippen LogP contribution < -0.4 is 20.3 Å². The molecule has 0 unspecified atom stereocenters. The Kier molecular flexibility index (Phi) is 6.98. The van der Waals surface area contributed by atoms with Gasteiger partial charge in [0, 0.05) is 31.6 Å². The molecule has 36 heavy (non-hydrogen) atoms. The van der Waals surface area contributed by atoms with Crippen LogP contribution in [-0.4, -0.2) is 42.1 Å². The van der Waals surface area contributed by atoms with E-state index in [9.17, 15) is 4.79 Å². The number of fused-ring (bicyclic) bond motifs is 1. The molecular formula is C29H31N5O2. The molecule has 1 fully saturated rings. The number of aromatic nitrogens is 2. The van der Waals surface area contributed by atoms with E-state index < -0.39 is 0 Å². The van der Waals surface area contributed by atoms with Crippen LogP contribution in [0.15, 0.2) is 78.9 Å². The summed E-state index contributed by atoms with van der Waals surface area (Å²) in [6, 6.07) is 25.3. The lowest BCUT2D eigenvalue weighted by Gasteiger charge is -2.30. The second-order valence-electron chi connectivity index (χ2n) is 9.36. The van der Waals surface area contributed by atoms with Crippen molar-refractivity contribution >= 4 is 28.6 Å². The van der Waals surface area contributed by atoms with Gasteiger partial charge in [-0.25, -0.2) is 4.98 Å². The van der Waals surface area contributed by atoms with Gasteiger partial charge in [0.1, 0.15) is 17.3 Å². The highest BCUT2D eigenvalue weighted by atomic mass is 16.5. The Balaban J connectivity index is 1.20. The van der Waals surface area contributed by atoms with Crippen LogP contribution >= 0.6 is 0 Å². The second kappa shape index (κ2) is 10.6. The Labute approximate surface area is 211 Å². The molecule has 0 atom stereocenters. The highest BCUT2D eigenvalue weighted by molar-refractivity contribution is 5.97. The standard InChI is InChI=1S/C29H31N5O2/c1-34(2)27-23-12-6-8-14-25(23)32-29(33-27)31-21-18-16-20(17-19-21)30-28(35)24-13-7-9-15-26(24)36-22-10-4-3-5-11-22/h3-15,20-21H,16-19H2,1-2H3,(H,30,35)(H,31,32,33)/t20-,21+. The molecule has 0 spiro atoms. The zero-order chi connectivity index (χ0) is 24.9. The number of hydrogen-bond donors (Lipinski definition) is 2. The number of amides is 1. The van der Waals surface area contributed by atoms with Gasteiger partial charge in [-0.05, 0) is 62.1 Å². The first kappa shape index (κ1) is 23.6. The minimum atomic E-state index is -0.105. The largest absolute Gasteiger partial charge is 0.457 e. The summed E-state index contributed by atoms with van der Waals surface area (Å²) in [5, 5.41) is 7.78. The molecule has 5 rings (SSSR count). The fourth-order valence-electron chi connectivity index (χ4n) is 4.65. The van der Waals surface area contributed by atoms with E-state index in [0.717, 1.165) is 42.4 Å². The molecule has 0 bridgehead atoms. The first-order valence-electron chi connectivity index (χ1n) is 12.4. The Bertz CT molecular complexity index is 1330. The zero-order valence-electron chi connectivity index (χ0n) is 20.6. The zero-order valence-corrected chi connectivity index (χ0v) is 20.6. The van der Waals surface area contributed by atoms with E-state index in [2.05, 4.69) is 10.6 Å². The maximum absolute atomic E-state index is 13.1. The topological polar surface area (TPSA) is 79.4 Å². The summed E-state index contributed by atoms with van der Waals surface area (Å²) in [6.45, 7) is 0. The number of para-hydroxylation sites is 3. The van der Waals surface area contributed by atoms with Crippen LogP contribution in [0.4, 0.5) is 11.8 Å². The normalized spacial score (nSPS) is 17.4. The summed E-state index contributed by atoms with van der Waals surface area (Å²) in [6.07, 6.45) is 3.64. The number of nitrogens with zero attached hydrogens (tertiary/aromatic N) is 3. The number of nitrogens with one attached hydrogen (secondary N) is 2. The van der Waals surface area contributed by atoms with Crippen molar-refractivity contribution in [2.75, 3.05) is 24.3 Å². The molecule has 7 heteroatoms. The van der Waals surface area contributed by atoms with E-state index in [1.165, 1.54) is 0 Å². The van der Waals surface area contributed by atoms with Gasteiger partial charge in [-0.3, -0.25) is 4.79 Å². The quantitative estimate of drug-likeness (QED) is 0.356. The first-order chi connectivity index (χ1) is 17.6. The SMILES string of the molecule is CN(C)c1nc(N[C@H]2CC[C@@H](NC(=O)c3ccccc3Oc3ccccc3)CC2)nc2ccccc12. The highest BCUT2D eigenvalue weighted by Crippen LogP contribution is 2.28. The van der Waals surface area contributed by atoms with Gasteiger partial charge in [0.15, 0.2) is 0 Å². The summed E-state index contributed by atoms with van der Waals surface area (Å²) in [7, 11) is 3.99. The smallest absolute Gasteiger partial charge is 0.255 e. The van der Waals surface area contributed by atoms with E-state index in [1.54, 1.807) is 6.07 Å².